The van der Waals surface area contributed by atoms with Crippen LogP contribution in [0.15, 0.2) is 16.9 Å². The lowest BCUT2D eigenvalue weighted by molar-refractivity contribution is 0.0592. The number of carbonyl (C=O) groups is 1. The van der Waals surface area contributed by atoms with Crippen LogP contribution in [0, 0.1) is 0 Å². The van der Waals surface area contributed by atoms with Gasteiger partial charge in [0, 0.05) is 18.7 Å². The Morgan fingerprint density at radius 1 is 1.65 bits per heavy atom. The Morgan fingerprint density at radius 3 is 3.24 bits per heavy atom. The van der Waals surface area contributed by atoms with Crippen molar-refractivity contribution in [2.75, 3.05) is 20.1 Å². The Hall–Kier alpha value is -1.36. The minimum atomic E-state index is -0.000414. The topological polar surface area (TPSA) is 58.4 Å². The van der Waals surface area contributed by atoms with Gasteiger partial charge >= 0.3 is 0 Å². The fourth-order valence-electron chi connectivity index (χ4n) is 2.35. The smallest absolute Gasteiger partial charge is 0.276 e. The average molecular weight is 237 g/mol. The third-order valence-electron chi connectivity index (χ3n) is 3.27. The van der Waals surface area contributed by atoms with Gasteiger partial charge in [0.2, 0.25) is 0 Å². The molecule has 0 spiro atoms. The fourth-order valence-corrected chi connectivity index (χ4v) is 2.35. The van der Waals surface area contributed by atoms with E-state index in [1.165, 1.54) is 12.7 Å². The maximum absolute atomic E-state index is 12.2. The third-order valence-corrected chi connectivity index (χ3v) is 3.27. The Kier molecular flexibility index (Phi) is 4.14. The maximum Gasteiger partial charge on any atom is 0.276 e. The Morgan fingerprint density at radius 2 is 2.53 bits per heavy atom. The summed E-state index contributed by atoms with van der Waals surface area (Å²) in [5.74, 6) is -0.000414. The van der Waals surface area contributed by atoms with E-state index in [0.29, 0.717) is 11.7 Å². The molecule has 17 heavy (non-hydrogen) atoms. The highest BCUT2D eigenvalue weighted by molar-refractivity contribution is 5.92. The number of nitrogens with zero attached hydrogens (tertiary/aromatic N) is 2. The molecule has 0 bridgehead atoms. The lowest BCUT2D eigenvalue weighted by atomic mass is 9.99. The van der Waals surface area contributed by atoms with E-state index in [0.717, 1.165) is 32.4 Å². The molecule has 1 atom stereocenters. The number of rotatable bonds is 4. The van der Waals surface area contributed by atoms with E-state index in [1.54, 1.807) is 6.07 Å². The molecule has 94 valence electrons. The van der Waals surface area contributed by atoms with Crippen molar-refractivity contribution in [1.82, 2.24) is 15.4 Å². The van der Waals surface area contributed by atoms with Crippen LogP contribution >= 0.6 is 0 Å². The van der Waals surface area contributed by atoms with Gasteiger partial charge in [0.05, 0.1) is 0 Å². The van der Waals surface area contributed by atoms with Gasteiger partial charge in [-0.1, -0.05) is 5.16 Å². The summed E-state index contributed by atoms with van der Waals surface area (Å²) in [5.41, 5.74) is 0.418. The van der Waals surface area contributed by atoms with Gasteiger partial charge in [-0.3, -0.25) is 4.79 Å². The number of amides is 1. The summed E-state index contributed by atoms with van der Waals surface area (Å²) in [4.78, 5) is 14.2. The number of carbonyl (C=O) groups excluding carboxylic acids is 1. The van der Waals surface area contributed by atoms with Crippen molar-refractivity contribution in [2.24, 2.45) is 0 Å². The molecule has 5 nitrogen and oxygen atoms in total. The second-order valence-corrected chi connectivity index (χ2v) is 4.43. The molecule has 2 heterocycles. The molecule has 1 saturated heterocycles. The van der Waals surface area contributed by atoms with Crippen LogP contribution in [0.1, 0.15) is 36.2 Å². The first kappa shape index (κ1) is 12.1. The summed E-state index contributed by atoms with van der Waals surface area (Å²) in [7, 11) is 1.94. The SMILES string of the molecule is CNCCC1CCCCN1C(=O)c1ccon1. The van der Waals surface area contributed by atoms with Crippen LogP contribution in [0.4, 0.5) is 0 Å². The van der Waals surface area contributed by atoms with Crippen molar-refractivity contribution in [2.45, 2.75) is 31.7 Å². The minimum absolute atomic E-state index is 0.000414. The lowest BCUT2D eigenvalue weighted by Gasteiger charge is -2.35. The molecule has 1 aliphatic heterocycles. The number of likely N-dealkylation sites (tertiary alicyclic amines) is 1. The van der Waals surface area contributed by atoms with Crippen LogP contribution < -0.4 is 5.32 Å². The predicted octanol–water partition coefficient (Wildman–Crippen LogP) is 1.28. The van der Waals surface area contributed by atoms with E-state index in [9.17, 15) is 4.79 Å². The number of aromatic nitrogens is 1. The number of piperidine rings is 1. The van der Waals surface area contributed by atoms with E-state index in [-0.39, 0.29) is 5.91 Å². The Bertz CT molecular complexity index is 351. The first-order valence-electron chi connectivity index (χ1n) is 6.19. The molecule has 1 fully saturated rings. The molecule has 5 heteroatoms. The molecular weight excluding hydrogens is 218 g/mol. The summed E-state index contributed by atoms with van der Waals surface area (Å²) >= 11 is 0. The maximum atomic E-state index is 12.2. The summed E-state index contributed by atoms with van der Waals surface area (Å²) in [5, 5.41) is 6.86. The summed E-state index contributed by atoms with van der Waals surface area (Å²) in [6, 6.07) is 1.96. The second-order valence-electron chi connectivity index (χ2n) is 4.43. The summed E-state index contributed by atoms with van der Waals surface area (Å²) in [6.45, 7) is 1.77. The van der Waals surface area contributed by atoms with E-state index in [4.69, 9.17) is 4.52 Å². The van der Waals surface area contributed by atoms with Crippen LogP contribution in [0.25, 0.3) is 0 Å². The average Bonchev–Trinajstić information content (AvgIpc) is 2.89. The van der Waals surface area contributed by atoms with Gasteiger partial charge in [0.15, 0.2) is 5.69 Å². The van der Waals surface area contributed by atoms with Crippen LogP contribution in [0.2, 0.25) is 0 Å². The molecule has 0 radical (unpaired) electrons. The van der Waals surface area contributed by atoms with E-state index in [1.807, 2.05) is 11.9 Å². The highest BCUT2D eigenvalue weighted by atomic mass is 16.5. The van der Waals surface area contributed by atoms with E-state index >= 15 is 0 Å². The lowest BCUT2D eigenvalue weighted by Crippen LogP contribution is -2.44. The van der Waals surface area contributed by atoms with Gasteiger partial charge < -0.3 is 14.7 Å². The van der Waals surface area contributed by atoms with Crippen LogP contribution in [-0.2, 0) is 0 Å². The van der Waals surface area contributed by atoms with Crippen molar-refractivity contribution in [1.29, 1.82) is 0 Å². The quantitative estimate of drug-likeness (QED) is 0.857. The third kappa shape index (κ3) is 2.85. The van der Waals surface area contributed by atoms with Crippen molar-refractivity contribution in [3.05, 3.63) is 18.0 Å². The molecule has 1 aliphatic rings. The molecule has 1 N–H and O–H groups in total. The van der Waals surface area contributed by atoms with E-state index < -0.39 is 0 Å². The standard InChI is InChI=1S/C12H19N3O2/c1-13-7-5-10-4-2-3-8-15(10)12(16)11-6-9-17-14-11/h6,9-10,13H,2-5,7-8H2,1H3. The summed E-state index contributed by atoms with van der Waals surface area (Å²) < 4.78 is 4.73. The number of hydrogen-bond acceptors (Lipinski definition) is 4. The highest BCUT2D eigenvalue weighted by Gasteiger charge is 2.28. The summed E-state index contributed by atoms with van der Waals surface area (Å²) in [6.07, 6.45) is 5.82. The second kappa shape index (κ2) is 5.82. The van der Waals surface area contributed by atoms with Crippen molar-refractivity contribution in [3.63, 3.8) is 0 Å². The monoisotopic (exact) mass is 237 g/mol. The molecular formula is C12H19N3O2. The van der Waals surface area contributed by atoms with Crippen LogP contribution in [0.3, 0.4) is 0 Å². The normalized spacial score (nSPS) is 20.5. The zero-order valence-electron chi connectivity index (χ0n) is 10.2. The molecule has 0 aliphatic carbocycles. The first-order chi connectivity index (χ1) is 8.33. The van der Waals surface area contributed by atoms with Crippen molar-refractivity contribution < 1.29 is 9.32 Å². The molecule has 0 aromatic carbocycles. The molecule has 1 amide bonds. The van der Waals surface area contributed by atoms with Gasteiger partial charge in [-0.05, 0) is 39.3 Å². The molecule has 0 saturated carbocycles. The van der Waals surface area contributed by atoms with Gasteiger partial charge in [0.1, 0.15) is 6.26 Å². The van der Waals surface area contributed by atoms with Gasteiger partial charge in [0.25, 0.3) is 5.91 Å². The zero-order valence-corrected chi connectivity index (χ0v) is 10.2. The zero-order chi connectivity index (χ0) is 12.1. The Labute approximate surface area is 101 Å². The Balaban J connectivity index is 2.03. The largest absolute Gasteiger partial charge is 0.364 e. The van der Waals surface area contributed by atoms with Gasteiger partial charge in [-0.2, -0.15) is 0 Å². The molecule has 1 aromatic rings. The number of hydrogen-bond donors (Lipinski definition) is 1. The minimum Gasteiger partial charge on any atom is -0.364 e. The highest BCUT2D eigenvalue weighted by Crippen LogP contribution is 2.21. The van der Waals surface area contributed by atoms with Gasteiger partial charge in [-0.25, -0.2) is 0 Å². The number of nitrogens with one attached hydrogen (secondary N) is 1. The van der Waals surface area contributed by atoms with Crippen molar-refractivity contribution in [3.8, 4) is 0 Å². The predicted molar refractivity (Wildman–Crippen MR) is 63.7 cm³/mol. The van der Waals surface area contributed by atoms with Crippen LogP contribution in [0.5, 0.6) is 0 Å². The van der Waals surface area contributed by atoms with Gasteiger partial charge in [-0.15, -0.1) is 0 Å². The molecule has 1 unspecified atom stereocenters. The van der Waals surface area contributed by atoms with Crippen LogP contribution in [-0.4, -0.2) is 42.1 Å². The first-order valence-corrected chi connectivity index (χ1v) is 6.19. The van der Waals surface area contributed by atoms with Crippen molar-refractivity contribution >= 4 is 5.91 Å². The van der Waals surface area contributed by atoms with E-state index in [2.05, 4.69) is 10.5 Å². The molecule has 1 aromatic heterocycles. The fraction of sp³-hybridized carbons (Fsp3) is 0.667. The molecule has 2 rings (SSSR count).